The zero-order chi connectivity index (χ0) is 66.8. The maximum absolute atomic E-state index is 13.4. The Balaban J connectivity index is 1.43. The number of amides is 1. The zero-order valence-electron chi connectivity index (χ0n) is 56.5. The van der Waals surface area contributed by atoms with Crippen LogP contribution in [-0.4, -0.2) is 193 Å². The first-order valence-electron chi connectivity index (χ1n) is 36.2. The highest BCUT2D eigenvalue weighted by molar-refractivity contribution is 5.76. The third-order valence-corrected chi connectivity index (χ3v) is 17.7. The Bertz CT molecular complexity index is 1950. The second kappa shape index (κ2) is 54.3. The predicted molar refractivity (Wildman–Crippen MR) is 360 cm³/mol. The molecule has 0 spiro atoms. The van der Waals surface area contributed by atoms with Crippen molar-refractivity contribution in [3.63, 3.8) is 0 Å². The molecule has 0 bridgehead atoms. The number of allylic oxidation sites excluding steroid dienone is 11. The topological polar surface area (TPSA) is 307 Å². The maximum atomic E-state index is 13.4. The standard InChI is InChI=1S/C73H129NO18/c1-3-5-7-9-11-13-15-17-19-21-23-24-25-26-27-28-29-30-31-33-34-36-38-40-42-44-46-48-50-57(78)56(74-61(79)51-49-47-45-43-41-39-37-35-32-22-20-18-16-14-12-10-8-6-4-2)55-87-71-67(85)64(82)69(59(53-76)89-71)92-73-68(86)65(83)70(60(54-77)90-73)91-72-66(84)63(81)62(80)58(52-75)88-72/h6,8,12,14,18,20,32,35,40,42,48,50,56-60,62-73,75-78,80-86H,3-5,7,9-11,13,15-17,19,21-31,33-34,36-39,41,43-47,49,51-55H2,1-2H3,(H,74,79)/b8-6-,14-12-,20-18-,35-32-,42-40+,50-48+. The maximum Gasteiger partial charge on any atom is 0.220 e. The van der Waals surface area contributed by atoms with Crippen molar-refractivity contribution in [3.05, 3.63) is 72.9 Å². The molecule has 3 saturated heterocycles. The number of nitrogens with one attached hydrogen (secondary N) is 1. The fourth-order valence-corrected chi connectivity index (χ4v) is 11.9. The highest BCUT2D eigenvalue weighted by Crippen LogP contribution is 2.33. The van der Waals surface area contributed by atoms with E-state index >= 15 is 0 Å². The van der Waals surface area contributed by atoms with Crippen LogP contribution in [-0.2, 0) is 33.2 Å². The Labute approximate surface area is 553 Å². The van der Waals surface area contributed by atoms with E-state index in [1.807, 2.05) is 6.08 Å². The monoisotopic (exact) mass is 1310 g/mol. The minimum Gasteiger partial charge on any atom is -0.394 e. The molecule has 534 valence electrons. The van der Waals surface area contributed by atoms with Gasteiger partial charge in [-0.3, -0.25) is 4.79 Å². The van der Waals surface area contributed by atoms with Gasteiger partial charge in [0.25, 0.3) is 0 Å². The number of ether oxygens (including phenoxy) is 6. The van der Waals surface area contributed by atoms with Crippen molar-refractivity contribution >= 4 is 5.91 Å². The van der Waals surface area contributed by atoms with Crippen LogP contribution >= 0.6 is 0 Å². The van der Waals surface area contributed by atoms with Crippen molar-refractivity contribution in [2.45, 2.75) is 356 Å². The lowest BCUT2D eigenvalue weighted by molar-refractivity contribution is -0.379. The van der Waals surface area contributed by atoms with Gasteiger partial charge < -0.3 is 89.9 Å². The van der Waals surface area contributed by atoms with E-state index in [1.54, 1.807) is 6.08 Å². The quantitative estimate of drug-likeness (QED) is 0.0199. The Morgan fingerprint density at radius 3 is 1.22 bits per heavy atom. The summed E-state index contributed by atoms with van der Waals surface area (Å²) in [5, 5.41) is 121. The van der Waals surface area contributed by atoms with Crippen LogP contribution in [0.15, 0.2) is 72.9 Å². The summed E-state index contributed by atoms with van der Waals surface area (Å²) in [5.41, 5.74) is 0. The molecule has 3 rings (SSSR count). The van der Waals surface area contributed by atoms with Crippen LogP contribution in [0, 0.1) is 0 Å². The minimum atomic E-state index is -1.99. The highest BCUT2D eigenvalue weighted by atomic mass is 16.8. The summed E-state index contributed by atoms with van der Waals surface area (Å²) in [6.07, 6.45) is 41.7. The van der Waals surface area contributed by atoms with Gasteiger partial charge in [0.15, 0.2) is 18.9 Å². The lowest BCUT2D eigenvalue weighted by Gasteiger charge is -2.48. The fraction of sp³-hybridized carbons (Fsp3) is 0.822. The summed E-state index contributed by atoms with van der Waals surface area (Å²) >= 11 is 0. The van der Waals surface area contributed by atoms with Crippen LogP contribution in [0.4, 0.5) is 0 Å². The largest absolute Gasteiger partial charge is 0.394 e. The number of carbonyl (C=O) groups excluding carboxylic acids is 1. The summed E-state index contributed by atoms with van der Waals surface area (Å²) in [7, 11) is 0. The molecule has 0 aromatic heterocycles. The van der Waals surface area contributed by atoms with Crippen molar-refractivity contribution in [3.8, 4) is 0 Å². The number of aliphatic hydroxyl groups is 11. The molecule has 0 aliphatic carbocycles. The Kier molecular flexibility index (Phi) is 49.2. The van der Waals surface area contributed by atoms with E-state index in [0.717, 1.165) is 83.5 Å². The van der Waals surface area contributed by atoms with Gasteiger partial charge in [-0.05, 0) is 70.6 Å². The molecule has 92 heavy (non-hydrogen) atoms. The minimum absolute atomic E-state index is 0.216. The van der Waals surface area contributed by atoms with E-state index in [4.69, 9.17) is 28.4 Å². The lowest BCUT2D eigenvalue weighted by Crippen LogP contribution is -2.66. The molecular formula is C73H129NO18. The van der Waals surface area contributed by atoms with E-state index in [2.05, 4.69) is 79.9 Å². The Morgan fingerprint density at radius 1 is 0.402 bits per heavy atom. The summed E-state index contributed by atoms with van der Waals surface area (Å²) in [5.74, 6) is -0.300. The molecule has 17 unspecified atom stereocenters. The number of carbonyl (C=O) groups is 1. The number of aliphatic hydroxyl groups excluding tert-OH is 11. The second-order valence-corrected chi connectivity index (χ2v) is 25.7. The van der Waals surface area contributed by atoms with E-state index < -0.39 is 124 Å². The molecule has 3 aliphatic rings. The highest BCUT2D eigenvalue weighted by Gasteiger charge is 2.53. The number of hydrogen-bond acceptors (Lipinski definition) is 18. The first-order chi connectivity index (χ1) is 44.8. The molecule has 0 aromatic carbocycles. The van der Waals surface area contributed by atoms with E-state index in [-0.39, 0.29) is 18.9 Å². The summed E-state index contributed by atoms with van der Waals surface area (Å²) in [4.78, 5) is 13.4. The van der Waals surface area contributed by atoms with Gasteiger partial charge in [-0.25, -0.2) is 0 Å². The molecule has 19 nitrogen and oxygen atoms in total. The van der Waals surface area contributed by atoms with Crippen LogP contribution in [0.3, 0.4) is 0 Å². The fourth-order valence-electron chi connectivity index (χ4n) is 11.9. The zero-order valence-corrected chi connectivity index (χ0v) is 56.5. The predicted octanol–water partition coefficient (Wildman–Crippen LogP) is 10.1. The molecule has 17 atom stereocenters. The Hall–Kier alpha value is -2.77. The molecule has 3 fully saturated rings. The number of hydrogen-bond donors (Lipinski definition) is 12. The van der Waals surface area contributed by atoms with E-state index in [0.29, 0.717) is 12.8 Å². The average Bonchev–Trinajstić information content (AvgIpc) is 0.855. The van der Waals surface area contributed by atoms with Crippen molar-refractivity contribution < 1.29 is 89.4 Å². The van der Waals surface area contributed by atoms with Gasteiger partial charge in [-0.2, -0.15) is 0 Å². The molecule has 0 saturated carbocycles. The van der Waals surface area contributed by atoms with Crippen LogP contribution in [0.1, 0.15) is 251 Å². The average molecular weight is 1310 g/mol. The van der Waals surface area contributed by atoms with Gasteiger partial charge in [0.2, 0.25) is 5.91 Å². The van der Waals surface area contributed by atoms with E-state index in [1.165, 1.54) is 135 Å². The molecule has 3 heterocycles. The van der Waals surface area contributed by atoms with Gasteiger partial charge in [0, 0.05) is 6.42 Å². The third-order valence-electron chi connectivity index (χ3n) is 17.7. The summed E-state index contributed by atoms with van der Waals surface area (Å²) in [6.45, 7) is 1.60. The molecule has 0 radical (unpaired) electrons. The van der Waals surface area contributed by atoms with Crippen molar-refractivity contribution in [1.29, 1.82) is 0 Å². The molecule has 1 amide bonds. The van der Waals surface area contributed by atoms with Gasteiger partial charge in [-0.1, -0.05) is 247 Å². The Morgan fingerprint density at radius 2 is 0.761 bits per heavy atom. The van der Waals surface area contributed by atoms with Gasteiger partial charge in [-0.15, -0.1) is 0 Å². The van der Waals surface area contributed by atoms with E-state index in [9.17, 15) is 61.0 Å². The number of rotatable bonds is 55. The third kappa shape index (κ3) is 35.5. The SMILES string of the molecule is CC/C=C\C/C=C\C/C=C\C/C=C\CCCCCCCCC(=O)NC(COC1OC(CO)C(OC2OC(CO)C(OC3OC(CO)C(O)C(O)C3O)C(O)C2O)C(O)C1O)C(O)/C=C/CC/C=C/CCCCCCCCCCCCCCCCCCCCCCCC. The van der Waals surface area contributed by atoms with Gasteiger partial charge >= 0.3 is 0 Å². The van der Waals surface area contributed by atoms with Crippen LogP contribution < -0.4 is 5.32 Å². The smallest absolute Gasteiger partial charge is 0.220 e. The van der Waals surface area contributed by atoms with Crippen molar-refractivity contribution in [2.24, 2.45) is 0 Å². The number of unbranched alkanes of at least 4 members (excludes halogenated alkanes) is 29. The molecule has 0 aromatic rings. The van der Waals surface area contributed by atoms with Gasteiger partial charge in [0.05, 0.1) is 38.6 Å². The van der Waals surface area contributed by atoms with Crippen molar-refractivity contribution in [2.75, 3.05) is 26.4 Å². The molecule has 19 heteroatoms. The molecule has 3 aliphatic heterocycles. The summed E-state index contributed by atoms with van der Waals surface area (Å²) in [6, 6.07) is -1.00. The van der Waals surface area contributed by atoms with Crippen LogP contribution in [0.2, 0.25) is 0 Å². The first kappa shape index (κ1) is 83.5. The van der Waals surface area contributed by atoms with Crippen LogP contribution in [0.25, 0.3) is 0 Å². The first-order valence-corrected chi connectivity index (χ1v) is 36.2. The molecule has 12 N–H and O–H groups in total. The normalized spacial score (nSPS) is 28.1. The molecular weight excluding hydrogens is 1180 g/mol. The second-order valence-electron chi connectivity index (χ2n) is 25.7. The van der Waals surface area contributed by atoms with Gasteiger partial charge in [0.1, 0.15) is 73.2 Å². The van der Waals surface area contributed by atoms with Crippen LogP contribution in [0.5, 0.6) is 0 Å². The van der Waals surface area contributed by atoms with Crippen molar-refractivity contribution in [1.82, 2.24) is 5.32 Å². The lowest BCUT2D eigenvalue weighted by atomic mass is 9.96. The summed E-state index contributed by atoms with van der Waals surface area (Å²) < 4.78 is 34.3.